The van der Waals surface area contributed by atoms with E-state index >= 15 is 0 Å². The first-order valence-corrected chi connectivity index (χ1v) is 7.84. The number of fused-ring (bicyclic) bond motifs is 5. The summed E-state index contributed by atoms with van der Waals surface area (Å²) in [5, 5.41) is 0. The monoisotopic (exact) mass is 250 g/mol. The van der Waals surface area contributed by atoms with Gasteiger partial charge >= 0.3 is 5.97 Å². The maximum atomic E-state index is 12.2. The Morgan fingerprint density at radius 3 is 2.56 bits per heavy atom. The van der Waals surface area contributed by atoms with Gasteiger partial charge in [0, 0.05) is 5.92 Å². The van der Waals surface area contributed by atoms with Crippen LogP contribution in [0, 0.1) is 29.6 Å². The van der Waals surface area contributed by atoms with Crippen molar-refractivity contribution in [2.75, 3.05) is 0 Å². The highest BCUT2D eigenvalue weighted by Gasteiger charge is 2.63. The van der Waals surface area contributed by atoms with Crippen LogP contribution in [-0.4, -0.2) is 11.6 Å². The summed E-state index contributed by atoms with van der Waals surface area (Å²) in [7, 11) is 0. The zero-order valence-corrected chi connectivity index (χ0v) is 11.9. The number of ether oxygens (including phenoxy) is 1. The van der Waals surface area contributed by atoms with E-state index in [0.717, 1.165) is 37.0 Å². The average Bonchev–Trinajstić information content (AvgIpc) is 2.77. The Labute approximate surface area is 110 Å². The molecule has 2 bridgehead atoms. The van der Waals surface area contributed by atoms with E-state index in [2.05, 4.69) is 13.8 Å². The summed E-state index contributed by atoms with van der Waals surface area (Å²) in [4.78, 5) is 12.2. The lowest BCUT2D eigenvalue weighted by molar-refractivity contribution is -0.179. The minimum atomic E-state index is -0.0905. The van der Waals surface area contributed by atoms with E-state index < -0.39 is 0 Å². The molecule has 3 saturated carbocycles. The highest BCUT2D eigenvalue weighted by Crippen LogP contribution is 2.66. The summed E-state index contributed by atoms with van der Waals surface area (Å²) in [6.07, 6.45) is 7.20. The first kappa shape index (κ1) is 12.5. The van der Waals surface area contributed by atoms with Gasteiger partial charge in [-0.15, -0.1) is 0 Å². The average molecular weight is 250 g/mol. The molecule has 0 aromatic rings. The second-order valence-electron chi connectivity index (χ2n) is 6.86. The van der Waals surface area contributed by atoms with Crippen molar-refractivity contribution in [3.63, 3.8) is 0 Å². The number of hydrogen-bond donors (Lipinski definition) is 0. The normalized spacial score (nSPS) is 46.4. The fourth-order valence-corrected chi connectivity index (χ4v) is 4.81. The van der Waals surface area contributed by atoms with E-state index in [1.807, 2.05) is 6.92 Å². The summed E-state index contributed by atoms with van der Waals surface area (Å²) in [6, 6.07) is 0. The van der Waals surface area contributed by atoms with Crippen molar-refractivity contribution >= 4 is 5.97 Å². The van der Waals surface area contributed by atoms with Crippen molar-refractivity contribution < 1.29 is 9.53 Å². The van der Waals surface area contributed by atoms with E-state index in [4.69, 9.17) is 4.74 Å². The van der Waals surface area contributed by atoms with Crippen LogP contribution >= 0.6 is 0 Å². The first-order valence-electron chi connectivity index (χ1n) is 7.84. The molecule has 0 aromatic carbocycles. The van der Waals surface area contributed by atoms with Crippen LogP contribution in [0.1, 0.15) is 59.3 Å². The number of carbonyl (C=O) groups is 1. The van der Waals surface area contributed by atoms with Gasteiger partial charge in [0.15, 0.2) is 0 Å². The molecule has 0 spiro atoms. The molecular weight excluding hydrogens is 224 g/mol. The van der Waals surface area contributed by atoms with Crippen LogP contribution in [0.25, 0.3) is 0 Å². The van der Waals surface area contributed by atoms with Gasteiger partial charge in [-0.3, -0.25) is 4.79 Å². The third kappa shape index (κ3) is 1.57. The Kier molecular flexibility index (Phi) is 2.95. The van der Waals surface area contributed by atoms with Crippen molar-refractivity contribution in [1.82, 2.24) is 0 Å². The van der Waals surface area contributed by atoms with Gasteiger partial charge in [0.05, 0.1) is 5.92 Å². The highest BCUT2D eigenvalue weighted by molar-refractivity contribution is 5.72. The molecule has 18 heavy (non-hydrogen) atoms. The minimum absolute atomic E-state index is 0.0442. The van der Waals surface area contributed by atoms with Gasteiger partial charge in [-0.25, -0.2) is 0 Å². The van der Waals surface area contributed by atoms with E-state index in [-0.39, 0.29) is 17.5 Å². The smallest absolute Gasteiger partial charge is 0.309 e. The molecular formula is C16H26O2. The molecule has 0 radical (unpaired) electrons. The number of rotatable bonds is 4. The molecule has 2 heteroatoms. The number of hydrogen-bond acceptors (Lipinski definition) is 2. The largest absolute Gasteiger partial charge is 0.459 e. The molecule has 102 valence electrons. The molecule has 0 heterocycles. The van der Waals surface area contributed by atoms with Crippen LogP contribution < -0.4 is 0 Å². The molecule has 0 aliphatic heterocycles. The molecule has 3 rings (SSSR count). The van der Waals surface area contributed by atoms with Gasteiger partial charge in [0.2, 0.25) is 0 Å². The Bertz CT molecular complexity index is 349. The second-order valence-corrected chi connectivity index (χ2v) is 6.86. The molecule has 3 aliphatic rings. The third-order valence-electron chi connectivity index (χ3n) is 6.26. The maximum absolute atomic E-state index is 12.2. The number of esters is 1. The summed E-state index contributed by atoms with van der Waals surface area (Å²) in [5.74, 6) is 3.51. The molecule has 0 amide bonds. The van der Waals surface area contributed by atoms with Gasteiger partial charge in [-0.05, 0) is 56.3 Å². The lowest BCUT2D eigenvalue weighted by Gasteiger charge is -2.49. The lowest BCUT2D eigenvalue weighted by atomic mass is 9.60. The van der Waals surface area contributed by atoms with E-state index in [9.17, 15) is 4.79 Å². The standard InChI is InChI=1S/C16H26O2/c1-4-10(3)15(17)18-16(5-2)9-11-8-14(16)13-7-6-12(11)13/h10-14H,4-9H2,1-3H3. The van der Waals surface area contributed by atoms with Gasteiger partial charge in [-0.2, -0.15) is 0 Å². The third-order valence-corrected chi connectivity index (χ3v) is 6.26. The summed E-state index contributed by atoms with van der Waals surface area (Å²) in [5.41, 5.74) is -0.0905. The van der Waals surface area contributed by atoms with Crippen molar-refractivity contribution in [3.8, 4) is 0 Å². The molecule has 3 aliphatic carbocycles. The van der Waals surface area contributed by atoms with Crippen molar-refractivity contribution in [2.45, 2.75) is 64.9 Å². The quantitative estimate of drug-likeness (QED) is 0.710. The van der Waals surface area contributed by atoms with Crippen molar-refractivity contribution in [3.05, 3.63) is 0 Å². The van der Waals surface area contributed by atoms with E-state index in [1.54, 1.807) is 0 Å². The summed E-state index contributed by atoms with van der Waals surface area (Å²) < 4.78 is 6.05. The molecule has 3 fully saturated rings. The van der Waals surface area contributed by atoms with E-state index in [0.29, 0.717) is 5.92 Å². The van der Waals surface area contributed by atoms with Gasteiger partial charge < -0.3 is 4.74 Å². The Balaban J connectivity index is 1.74. The summed E-state index contributed by atoms with van der Waals surface area (Å²) >= 11 is 0. The Hall–Kier alpha value is -0.530. The molecule has 0 N–H and O–H groups in total. The fraction of sp³-hybridized carbons (Fsp3) is 0.938. The SMILES string of the molecule is CCC(C)C(=O)OC1(CC)CC2CC1C1CCC21. The predicted octanol–water partition coefficient (Wildman–Crippen LogP) is 3.79. The van der Waals surface area contributed by atoms with Crippen LogP contribution in [0.5, 0.6) is 0 Å². The highest BCUT2D eigenvalue weighted by atomic mass is 16.6. The first-order chi connectivity index (χ1) is 8.61. The van der Waals surface area contributed by atoms with Crippen LogP contribution in [0.2, 0.25) is 0 Å². The minimum Gasteiger partial charge on any atom is -0.459 e. The zero-order chi connectivity index (χ0) is 12.9. The molecule has 0 saturated heterocycles. The molecule has 0 aromatic heterocycles. The zero-order valence-electron chi connectivity index (χ0n) is 11.9. The fourth-order valence-electron chi connectivity index (χ4n) is 4.81. The van der Waals surface area contributed by atoms with Gasteiger partial charge in [-0.1, -0.05) is 20.8 Å². The van der Waals surface area contributed by atoms with E-state index in [1.165, 1.54) is 19.3 Å². The van der Waals surface area contributed by atoms with Gasteiger partial charge in [0.1, 0.15) is 5.60 Å². The van der Waals surface area contributed by atoms with Gasteiger partial charge in [0.25, 0.3) is 0 Å². The van der Waals surface area contributed by atoms with Crippen molar-refractivity contribution in [2.24, 2.45) is 29.6 Å². The van der Waals surface area contributed by atoms with Crippen molar-refractivity contribution in [1.29, 1.82) is 0 Å². The van der Waals surface area contributed by atoms with Crippen LogP contribution in [0.15, 0.2) is 0 Å². The molecule has 6 unspecified atom stereocenters. The van der Waals surface area contributed by atoms with Crippen LogP contribution in [-0.2, 0) is 9.53 Å². The predicted molar refractivity (Wildman–Crippen MR) is 71.0 cm³/mol. The molecule has 2 nitrogen and oxygen atoms in total. The lowest BCUT2D eigenvalue weighted by Crippen LogP contribution is -2.49. The maximum Gasteiger partial charge on any atom is 0.309 e. The number of carbonyl (C=O) groups excluding carboxylic acids is 1. The second kappa shape index (κ2) is 4.25. The van der Waals surface area contributed by atoms with Crippen LogP contribution in [0.4, 0.5) is 0 Å². The molecule has 6 atom stereocenters. The van der Waals surface area contributed by atoms with Crippen LogP contribution in [0.3, 0.4) is 0 Å². The Morgan fingerprint density at radius 1 is 1.33 bits per heavy atom. The Morgan fingerprint density at radius 2 is 2.06 bits per heavy atom. The topological polar surface area (TPSA) is 26.3 Å². The summed E-state index contributed by atoms with van der Waals surface area (Å²) in [6.45, 7) is 6.26.